The SMILES string of the molecule is CC1OCCC1(C)NC(=O)CC1CCCC(N)C1. The maximum absolute atomic E-state index is 12.1. The molecule has 0 bridgehead atoms. The highest BCUT2D eigenvalue weighted by Gasteiger charge is 2.38. The molecule has 104 valence electrons. The zero-order valence-electron chi connectivity index (χ0n) is 11.6. The van der Waals surface area contributed by atoms with Gasteiger partial charge in [-0.1, -0.05) is 6.42 Å². The first-order chi connectivity index (χ1) is 8.49. The minimum Gasteiger partial charge on any atom is -0.376 e. The third-order valence-electron chi connectivity index (χ3n) is 4.61. The van der Waals surface area contributed by atoms with Gasteiger partial charge in [-0.2, -0.15) is 0 Å². The molecule has 3 N–H and O–H groups in total. The first kappa shape index (κ1) is 13.8. The second-order valence-electron chi connectivity index (χ2n) is 6.23. The summed E-state index contributed by atoms with van der Waals surface area (Å²) in [5, 5.41) is 3.16. The quantitative estimate of drug-likeness (QED) is 0.803. The van der Waals surface area contributed by atoms with Crippen LogP contribution in [0.5, 0.6) is 0 Å². The Kier molecular flexibility index (Phi) is 4.28. The average Bonchev–Trinajstić information content (AvgIpc) is 2.58. The fourth-order valence-electron chi connectivity index (χ4n) is 3.15. The Morgan fingerprint density at radius 2 is 2.28 bits per heavy atom. The Labute approximate surface area is 110 Å². The number of carbonyl (C=O) groups excluding carboxylic acids is 1. The van der Waals surface area contributed by atoms with Crippen molar-refractivity contribution in [1.29, 1.82) is 0 Å². The van der Waals surface area contributed by atoms with E-state index >= 15 is 0 Å². The van der Waals surface area contributed by atoms with Gasteiger partial charge in [0.2, 0.25) is 5.91 Å². The van der Waals surface area contributed by atoms with Crippen LogP contribution in [-0.4, -0.2) is 30.2 Å². The number of amides is 1. The molecule has 2 fully saturated rings. The van der Waals surface area contributed by atoms with Crippen molar-refractivity contribution in [2.24, 2.45) is 11.7 Å². The van der Waals surface area contributed by atoms with Gasteiger partial charge in [-0.15, -0.1) is 0 Å². The normalized spacial score (nSPS) is 40.7. The number of rotatable bonds is 3. The summed E-state index contributed by atoms with van der Waals surface area (Å²) in [4.78, 5) is 12.1. The summed E-state index contributed by atoms with van der Waals surface area (Å²) in [5.74, 6) is 0.629. The van der Waals surface area contributed by atoms with Gasteiger partial charge in [0.25, 0.3) is 0 Å². The lowest BCUT2D eigenvalue weighted by Gasteiger charge is -2.31. The van der Waals surface area contributed by atoms with E-state index in [2.05, 4.69) is 12.2 Å². The summed E-state index contributed by atoms with van der Waals surface area (Å²) in [7, 11) is 0. The Bertz CT molecular complexity index is 308. The summed E-state index contributed by atoms with van der Waals surface area (Å²) in [5.41, 5.74) is 5.77. The van der Waals surface area contributed by atoms with Gasteiger partial charge in [-0.05, 0) is 45.4 Å². The minimum atomic E-state index is -0.187. The Morgan fingerprint density at radius 1 is 1.50 bits per heavy atom. The lowest BCUT2D eigenvalue weighted by Crippen LogP contribution is -2.51. The van der Waals surface area contributed by atoms with Crippen LogP contribution >= 0.6 is 0 Å². The number of nitrogens with two attached hydrogens (primary N) is 1. The topological polar surface area (TPSA) is 64.3 Å². The van der Waals surface area contributed by atoms with E-state index in [-0.39, 0.29) is 17.6 Å². The van der Waals surface area contributed by atoms with E-state index in [9.17, 15) is 4.79 Å². The number of ether oxygens (including phenoxy) is 1. The summed E-state index contributed by atoms with van der Waals surface area (Å²) >= 11 is 0. The molecule has 2 aliphatic rings. The molecule has 0 aromatic heterocycles. The Hall–Kier alpha value is -0.610. The molecule has 4 nitrogen and oxygen atoms in total. The first-order valence-electron chi connectivity index (χ1n) is 7.18. The minimum absolute atomic E-state index is 0.107. The molecule has 1 aliphatic carbocycles. The van der Waals surface area contributed by atoms with Crippen LogP contribution in [0.25, 0.3) is 0 Å². The molecule has 1 aliphatic heterocycles. The Balaban J connectivity index is 1.81. The number of carbonyl (C=O) groups is 1. The van der Waals surface area contributed by atoms with Crippen molar-refractivity contribution in [2.45, 2.75) is 70.1 Å². The van der Waals surface area contributed by atoms with Crippen molar-refractivity contribution in [2.75, 3.05) is 6.61 Å². The van der Waals surface area contributed by atoms with Gasteiger partial charge in [0.05, 0.1) is 11.6 Å². The van der Waals surface area contributed by atoms with Gasteiger partial charge < -0.3 is 15.8 Å². The molecular weight excluding hydrogens is 228 g/mol. The van der Waals surface area contributed by atoms with Crippen LogP contribution in [0.15, 0.2) is 0 Å². The standard InChI is InChI=1S/C14H26N2O2/c1-10-14(2,6-7-18-10)16-13(17)9-11-4-3-5-12(15)8-11/h10-12H,3-9,15H2,1-2H3,(H,16,17). The van der Waals surface area contributed by atoms with E-state index in [0.717, 1.165) is 38.7 Å². The summed E-state index contributed by atoms with van der Waals surface area (Å²) < 4.78 is 5.54. The second kappa shape index (κ2) is 5.57. The highest BCUT2D eigenvalue weighted by atomic mass is 16.5. The highest BCUT2D eigenvalue weighted by Crippen LogP contribution is 2.28. The van der Waals surface area contributed by atoms with Gasteiger partial charge in [0, 0.05) is 19.1 Å². The molecule has 1 heterocycles. The number of hydrogen-bond donors (Lipinski definition) is 2. The molecular formula is C14H26N2O2. The summed E-state index contributed by atoms with van der Waals surface area (Å²) in [6, 6.07) is 0.292. The number of nitrogens with one attached hydrogen (secondary N) is 1. The van der Waals surface area contributed by atoms with Crippen LogP contribution in [0, 0.1) is 5.92 Å². The van der Waals surface area contributed by atoms with Gasteiger partial charge in [-0.3, -0.25) is 4.79 Å². The first-order valence-corrected chi connectivity index (χ1v) is 7.18. The third-order valence-corrected chi connectivity index (χ3v) is 4.61. The zero-order valence-corrected chi connectivity index (χ0v) is 11.6. The predicted octanol–water partition coefficient (Wildman–Crippen LogP) is 1.58. The molecule has 4 unspecified atom stereocenters. The van der Waals surface area contributed by atoms with Gasteiger partial charge in [-0.25, -0.2) is 0 Å². The van der Waals surface area contributed by atoms with Crippen LogP contribution in [0.3, 0.4) is 0 Å². The number of hydrogen-bond acceptors (Lipinski definition) is 3. The molecule has 2 rings (SSSR count). The fraction of sp³-hybridized carbons (Fsp3) is 0.929. The smallest absolute Gasteiger partial charge is 0.220 e. The van der Waals surface area contributed by atoms with Crippen molar-refractivity contribution in [3.05, 3.63) is 0 Å². The maximum Gasteiger partial charge on any atom is 0.220 e. The van der Waals surface area contributed by atoms with E-state index in [4.69, 9.17) is 10.5 Å². The lowest BCUT2D eigenvalue weighted by molar-refractivity contribution is -0.124. The summed E-state index contributed by atoms with van der Waals surface area (Å²) in [6.45, 7) is 4.85. The van der Waals surface area contributed by atoms with Crippen LogP contribution in [0.2, 0.25) is 0 Å². The molecule has 1 saturated heterocycles. The van der Waals surface area contributed by atoms with E-state index in [1.165, 1.54) is 0 Å². The molecule has 4 atom stereocenters. The van der Waals surface area contributed by atoms with Crippen molar-refractivity contribution in [3.63, 3.8) is 0 Å². The van der Waals surface area contributed by atoms with Gasteiger partial charge in [0.15, 0.2) is 0 Å². The van der Waals surface area contributed by atoms with Crippen molar-refractivity contribution < 1.29 is 9.53 Å². The molecule has 18 heavy (non-hydrogen) atoms. The average molecular weight is 254 g/mol. The molecule has 1 saturated carbocycles. The molecule has 0 aromatic rings. The summed E-state index contributed by atoms with van der Waals surface area (Å²) in [6.07, 6.45) is 6.05. The van der Waals surface area contributed by atoms with E-state index < -0.39 is 0 Å². The monoisotopic (exact) mass is 254 g/mol. The molecule has 0 radical (unpaired) electrons. The van der Waals surface area contributed by atoms with Crippen LogP contribution in [0.4, 0.5) is 0 Å². The predicted molar refractivity (Wildman–Crippen MR) is 71.1 cm³/mol. The highest BCUT2D eigenvalue weighted by molar-refractivity contribution is 5.77. The van der Waals surface area contributed by atoms with Crippen molar-refractivity contribution >= 4 is 5.91 Å². The van der Waals surface area contributed by atoms with E-state index in [1.807, 2.05) is 6.92 Å². The lowest BCUT2D eigenvalue weighted by atomic mass is 9.83. The largest absolute Gasteiger partial charge is 0.376 e. The van der Waals surface area contributed by atoms with Crippen LogP contribution in [-0.2, 0) is 9.53 Å². The van der Waals surface area contributed by atoms with Crippen molar-refractivity contribution in [3.8, 4) is 0 Å². The van der Waals surface area contributed by atoms with Crippen LogP contribution < -0.4 is 11.1 Å². The van der Waals surface area contributed by atoms with Crippen LogP contribution in [0.1, 0.15) is 52.4 Å². The molecule has 0 spiro atoms. The molecule has 4 heteroatoms. The molecule has 1 amide bonds. The Morgan fingerprint density at radius 3 is 2.89 bits per heavy atom. The van der Waals surface area contributed by atoms with E-state index in [1.54, 1.807) is 0 Å². The van der Waals surface area contributed by atoms with Gasteiger partial charge in [0.1, 0.15) is 0 Å². The van der Waals surface area contributed by atoms with Gasteiger partial charge >= 0.3 is 0 Å². The maximum atomic E-state index is 12.1. The zero-order chi connectivity index (χ0) is 13.2. The molecule has 0 aromatic carbocycles. The second-order valence-corrected chi connectivity index (χ2v) is 6.23. The van der Waals surface area contributed by atoms with E-state index in [0.29, 0.717) is 18.4 Å². The third kappa shape index (κ3) is 3.23. The van der Waals surface area contributed by atoms with Crippen molar-refractivity contribution in [1.82, 2.24) is 5.32 Å². The fourth-order valence-corrected chi connectivity index (χ4v) is 3.15.